The smallest absolute Gasteiger partial charge is 0.269 e. The molecule has 5 aliphatic carbocycles. The molecule has 0 unspecified atom stereocenters. The number of carbonyl (C=O) groups is 11. The fraction of sp³-hybridized carbons (Fsp3) is 0.375. The number of aromatic nitrogens is 6. The minimum Gasteiger partial charge on any atom is -0.399 e. The van der Waals surface area contributed by atoms with Crippen LogP contribution in [-0.2, 0) is 90.5 Å². The van der Waals surface area contributed by atoms with Gasteiger partial charge in [-0.15, -0.1) is 0 Å². The summed E-state index contributed by atoms with van der Waals surface area (Å²) < 4.78 is 46.6. The van der Waals surface area contributed by atoms with Gasteiger partial charge in [0.2, 0.25) is 35.4 Å². The van der Waals surface area contributed by atoms with E-state index in [0.717, 1.165) is 88.2 Å². The number of fused-ring (bicyclic) bond motifs is 3. The molecule has 11 N–H and O–H groups in total. The predicted molar refractivity (Wildman–Crippen MR) is 414 cm³/mol. The number of halogens is 6. The van der Waals surface area contributed by atoms with Crippen LogP contribution in [0, 0.1) is 29.3 Å². The normalized spacial score (nSPS) is 14.6. The highest BCUT2D eigenvalue weighted by molar-refractivity contribution is 6.31. The van der Waals surface area contributed by atoms with Crippen LogP contribution in [0.25, 0.3) is 32.7 Å². The maximum Gasteiger partial charge on any atom is 0.269 e. The van der Waals surface area contributed by atoms with Gasteiger partial charge in [-0.05, 0) is 142 Å². The molecule has 113 heavy (non-hydrogen) atoms. The maximum atomic E-state index is 14.2. The van der Waals surface area contributed by atoms with Gasteiger partial charge in [0.15, 0.2) is 17.1 Å². The quantitative estimate of drug-likeness (QED) is 0.0199. The van der Waals surface area contributed by atoms with Gasteiger partial charge in [0.1, 0.15) is 48.7 Å². The van der Waals surface area contributed by atoms with E-state index in [1.165, 1.54) is 71.6 Å². The molecule has 5 fully saturated rings. The number of nitrogens with zero attached hydrogens (tertiary/aromatic N) is 9. The molecule has 0 bridgehead atoms. The van der Waals surface area contributed by atoms with Gasteiger partial charge in [0, 0.05) is 101 Å². The molecule has 9 aromatic rings. The zero-order chi connectivity index (χ0) is 80.5. The standard InChI is InChI=1S/C30H33ClFN5O4.C28H29ClFN5O4.C22H22ClFN6O3/c31-23-8-4-7-20(28(23)32)15-34-26(39)16-36(21-10-11-21)27(40)17-37-24-12-9-18(13-22(24)29(35-37)30(33)41)14-25(38)19-5-2-1-3-6-19;29-22-3-1-2-18(26(22)30)13-32-24(37)14-34(19-7-8-19)25(38)15-35-23-9-6-17(11-20(36)10-16-4-5-16)12-21(23)27(33-35)28(31)39;23-16-3-1-2-12(20(16)24)9-27-18(31)10-29(14-5-6-14)19(32)11-30-17-7-4-13(25)8-15(17)21(28-30)22(26)33/h4,7-9,12-13,19,21H,1-3,5-6,10-11,14-17H2,(H2,33,41)(H,34,39);1-3,6,9,12,16,19H,4-5,7-8,10-11,13-15H2,(H2,31,39)(H,32,37);1-4,7-8,14H,5-6,9-11,25H2,(H2,26,33)(H,27,31). The first kappa shape index (κ1) is 81.3. The lowest BCUT2D eigenvalue weighted by Crippen LogP contribution is -2.43. The SMILES string of the molecule is NC(=O)c1nn(CC(=O)N(CC(=O)NCc2cccc(Cl)c2F)C2CC2)c2ccc(CC(=O)C3CCCCC3)cc12.NC(=O)c1nn(CC(=O)N(CC(=O)NCc2cccc(Cl)c2F)C2CC2)c2ccc(CC(=O)CC3CC3)cc12.NC(=O)c1nn(CC(=O)N(CC(=O)NCc2cccc(Cl)c2F)C2CC2)c2ccc(N)cc12. The molecule has 0 saturated heterocycles. The van der Waals surface area contributed by atoms with Crippen LogP contribution in [0.5, 0.6) is 0 Å². The molecule has 0 aliphatic heterocycles. The second-order valence-electron chi connectivity index (χ2n) is 29.2. The topological polar surface area (TPSA) is 391 Å². The third kappa shape index (κ3) is 20.9. The van der Waals surface area contributed by atoms with E-state index in [1.54, 1.807) is 66.7 Å². The highest BCUT2D eigenvalue weighted by Gasteiger charge is 2.38. The Kier molecular flexibility index (Phi) is 25.9. The van der Waals surface area contributed by atoms with Crippen molar-refractivity contribution in [2.45, 2.75) is 160 Å². The fourth-order valence-corrected chi connectivity index (χ4v) is 14.4. The van der Waals surface area contributed by atoms with Crippen molar-refractivity contribution in [3.63, 3.8) is 0 Å². The van der Waals surface area contributed by atoms with Gasteiger partial charge in [-0.2, -0.15) is 15.3 Å². The average molecular weight is 1610 g/mol. The summed E-state index contributed by atoms with van der Waals surface area (Å²) in [6.45, 7) is -1.31. The minimum absolute atomic E-state index is 0.0179. The molecule has 0 radical (unpaired) electrons. The minimum atomic E-state index is -0.737. The molecule has 3 aromatic heterocycles. The third-order valence-corrected chi connectivity index (χ3v) is 21.3. The van der Waals surface area contributed by atoms with Crippen molar-refractivity contribution in [1.82, 2.24) is 60.0 Å². The van der Waals surface area contributed by atoms with Crippen molar-refractivity contribution in [1.29, 1.82) is 0 Å². The van der Waals surface area contributed by atoms with Crippen molar-refractivity contribution >= 4 is 138 Å². The second-order valence-corrected chi connectivity index (χ2v) is 30.4. The highest BCUT2D eigenvalue weighted by Crippen LogP contribution is 2.35. The van der Waals surface area contributed by atoms with E-state index in [-0.39, 0.29) is 174 Å². The number of Topliss-reactive ketones (excluding diaryl/α,β-unsaturated/α-hetero) is 2. The molecule has 33 heteroatoms. The summed E-state index contributed by atoms with van der Waals surface area (Å²) in [5.41, 5.74) is 26.8. The molecule has 0 atom stereocenters. The van der Waals surface area contributed by atoms with E-state index in [4.69, 9.17) is 57.7 Å². The number of nitrogens with one attached hydrogen (secondary N) is 3. The molecule has 5 aliphatic rings. The average Bonchev–Trinajstić information content (AvgIpc) is 1.64. The molecule has 14 rings (SSSR count). The van der Waals surface area contributed by atoms with Gasteiger partial charge in [-0.25, -0.2) is 13.2 Å². The summed E-state index contributed by atoms with van der Waals surface area (Å²) in [5, 5.41) is 22.1. The summed E-state index contributed by atoms with van der Waals surface area (Å²) in [4.78, 5) is 143. The molecular weight excluding hydrogens is 1520 g/mol. The molecule has 9 amide bonds. The summed E-state index contributed by atoms with van der Waals surface area (Å²) in [6.07, 6.45) is 13.1. The van der Waals surface area contributed by atoms with Crippen LogP contribution in [0.15, 0.2) is 109 Å². The first-order valence-corrected chi connectivity index (χ1v) is 38.4. The van der Waals surface area contributed by atoms with Crippen LogP contribution in [0.2, 0.25) is 15.1 Å². The lowest BCUT2D eigenvalue weighted by atomic mass is 9.84. The summed E-state index contributed by atoms with van der Waals surface area (Å²) in [5.74, 6) is -5.38. The Labute approximate surface area is 661 Å². The molecule has 592 valence electrons. The Morgan fingerprint density at radius 1 is 0.434 bits per heavy atom. The van der Waals surface area contributed by atoms with E-state index in [2.05, 4.69) is 31.2 Å². The lowest BCUT2D eigenvalue weighted by Gasteiger charge is -2.22. The molecule has 5 saturated carbocycles. The monoisotopic (exact) mass is 1610 g/mol. The first-order chi connectivity index (χ1) is 54.1. The van der Waals surface area contributed by atoms with Crippen molar-refractivity contribution in [2.24, 2.45) is 29.0 Å². The Bertz CT molecular complexity index is 5220. The van der Waals surface area contributed by atoms with Gasteiger partial charge >= 0.3 is 0 Å². The predicted octanol–water partition coefficient (Wildman–Crippen LogP) is 8.89. The molecule has 27 nitrogen and oxygen atoms in total. The number of amides is 9. The molecular formula is C80H84Cl3F3N16O11. The highest BCUT2D eigenvalue weighted by atomic mass is 35.5. The van der Waals surface area contributed by atoms with Gasteiger partial charge in [-0.3, -0.25) is 66.8 Å². The van der Waals surface area contributed by atoms with E-state index in [1.807, 2.05) is 6.07 Å². The van der Waals surface area contributed by atoms with Crippen molar-refractivity contribution in [2.75, 3.05) is 25.4 Å². The Morgan fingerprint density at radius 2 is 0.779 bits per heavy atom. The van der Waals surface area contributed by atoms with Crippen molar-refractivity contribution < 1.29 is 65.9 Å². The zero-order valence-electron chi connectivity index (χ0n) is 61.5. The summed E-state index contributed by atoms with van der Waals surface area (Å²) in [6, 6.07) is 28.9. The summed E-state index contributed by atoms with van der Waals surface area (Å²) in [7, 11) is 0. The lowest BCUT2D eigenvalue weighted by molar-refractivity contribution is -0.137. The van der Waals surface area contributed by atoms with Gasteiger partial charge in [0.05, 0.1) is 51.3 Å². The number of carbonyl (C=O) groups excluding carboxylic acids is 11. The third-order valence-electron chi connectivity index (χ3n) is 20.4. The number of benzene rings is 6. The van der Waals surface area contributed by atoms with Gasteiger partial charge in [-0.1, -0.05) is 103 Å². The Hall–Kier alpha value is -11.2. The van der Waals surface area contributed by atoms with Gasteiger partial charge < -0.3 is 53.6 Å². The maximum absolute atomic E-state index is 14.2. The van der Waals surface area contributed by atoms with Crippen LogP contribution >= 0.6 is 34.8 Å². The number of nitrogens with two attached hydrogens (primary N) is 4. The Balaban J connectivity index is 0.000000158. The first-order valence-electron chi connectivity index (χ1n) is 37.3. The van der Waals surface area contributed by atoms with E-state index in [0.29, 0.717) is 50.7 Å². The van der Waals surface area contributed by atoms with Crippen molar-refractivity contribution in [3.05, 3.63) is 187 Å². The number of hydrogen-bond donors (Lipinski definition) is 7. The summed E-state index contributed by atoms with van der Waals surface area (Å²) >= 11 is 17.4. The van der Waals surface area contributed by atoms with Crippen LogP contribution < -0.4 is 38.9 Å². The largest absolute Gasteiger partial charge is 0.399 e. The van der Waals surface area contributed by atoms with E-state index in [9.17, 15) is 65.9 Å². The van der Waals surface area contributed by atoms with Crippen LogP contribution in [0.3, 0.4) is 0 Å². The molecule has 6 aromatic carbocycles. The van der Waals surface area contributed by atoms with E-state index >= 15 is 0 Å². The number of rotatable bonds is 31. The number of ketones is 2. The van der Waals surface area contributed by atoms with E-state index < -0.39 is 52.9 Å². The number of nitrogen functional groups attached to an aromatic ring is 1. The number of hydrogen-bond acceptors (Lipinski definition) is 15. The zero-order valence-corrected chi connectivity index (χ0v) is 63.8. The van der Waals surface area contributed by atoms with Crippen LogP contribution in [-0.4, -0.2) is 147 Å². The van der Waals surface area contributed by atoms with Crippen LogP contribution in [0.1, 0.15) is 149 Å². The molecule has 0 spiro atoms. The van der Waals surface area contributed by atoms with Gasteiger partial charge in [0.25, 0.3) is 17.7 Å². The fourth-order valence-electron chi connectivity index (χ4n) is 13.8. The number of anilines is 1. The second kappa shape index (κ2) is 36.1. The number of primary amides is 3. The van der Waals surface area contributed by atoms with Crippen molar-refractivity contribution in [3.8, 4) is 0 Å². The molecule has 3 heterocycles. The Morgan fingerprint density at radius 3 is 1.12 bits per heavy atom. The van der Waals surface area contributed by atoms with Crippen LogP contribution in [0.4, 0.5) is 18.9 Å².